The van der Waals surface area contributed by atoms with Gasteiger partial charge in [0.05, 0.1) is 6.54 Å². The number of hydrogen-bond donors (Lipinski definition) is 1. The molecular formula is C11H18F3N3. The second-order valence-electron chi connectivity index (χ2n) is 3.93. The van der Waals surface area contributed by atoms with Gasteiger partial charge in [-0.1, -0.05) is 6.92 Å². The predicted octanol–water partition coefficient (Wildman–Crippen LogP) is 2.73. The second-order valence-corrected chi connectivity index (χ2v) is 3.93. The van der Waals surface area contributed by atoms with Gasteiger partial charge in [0.25, 0.3) is 0 Å². The average molecular weight is 249 g/mol. The van der Waals surface area contributed by atoms with Crippen LogP contribution in [0.2, 0.25) is 0 Å². The molecule has 3 nitrogen and oxygen atoms in total. The molecule has 0 radical (unpaired) electrons. The van der Waals surface area contributed by atoms with Crippen molar-refractivity contribution < 1.29 is 13.2 Å². The van der Waals surface area contributed by atoms with E-state index >= 15 is 0 Å². The van der Waals surface area contributed by atoms with E-state index in [0.29, 0.717) is 13.1 Å². The van der Waals surface area contributed by atoms with E-state index in [4.69, 9.17) is 0 Å². The molecule has 17 heavy (non-hydrogen) atoms. The number of aryl methyl sites for hydroxylation is 1. The lowest BCUT2D eigenvalue weighted by Gasteiger charge is -2.08. The van der Waals surface area contributed by atoms with E-state index in [1.54, 1.807) is 6.20 Å². The molecule has 0 aliphatic heterocycles. The lowest BCUT2D eigenvalue weighted by Crippen LogP contribution is -2.20. The largest absolute Gasteiger partial charge is 0.389 e. The molecule has 0 bridgehead atoms. The number of hydrogen-bond acceptors (Lipinski definition) is 2. The quantitative estimate of drug-likeness (QED) is 0.753. The number of aromatic nitrogens is 2. The average Bonchev–Trinajstić information content (AvgIpc) is 2.64. The zero-order chi connectivity index (χ0) is 12.7. The van der Waals surface area contributed by atoms with Crippen molar-refractivity contribution in [2.75, 3.05) is 6.54 Å². The van der Waals surface area contributed by atoms with Crippen molar-refractivity contribution in [1.82, 2.24) is 14.9 Å². The molecule has 0 atom stereocenters. The molecule has 1 aromatic rings. The van der Waals surface area contributed by atoms with Gasteiger partial charge in [0.15, 0.2) is 0 Å². The van der Waals surface area contributed by atoms with Crippen LogP contribution in [0.15, 0.2) is 12.4 Å². The third kappa shape index (κ3) is 5.72. The Hall–Kier alpha value is -1.04. The monoisotopic (exact) mass is 249 g/mol. The molecule has 98 valence electrons. The Kier molecular flexibility index (Phi) is 5.47. The van der Waals surface area contributed by atoms with Crippen molar-refractivity contribution in [2.45, 2.75) is 45.5 Å². The molecule has 0 amide bonds. The van der Waals surface area contributed by atoms with Gasteiger partial charge in [0.1, 0.15) is 5.82 Å². The lowest BCUT2D eigenvalue weighted by atomic mass is 10.3. The standard InChI is InChI=1S/C11H18F3N3/c1-2-7-17-8-6-16-10(17)9-15-5-3-4-11(12,13)14/h6,8,15H,2-5,7,9H2,1H3. The molecule has 1 N–H and O–H groups in total. The van der Waals surface area contributed by atoms with Crippen LogP contribution in [0.4, 0.5) is 13.2 Å². The zero-order valence-corrected chi connectivity index (χ0v) is 9.93. The topological polar surface area (TPSA) is 29.9 Å². The van der Waals surface area contributed by atoms with E-state index in [0.717, 1.165) is 18.8 Å². The van der Waals surface area contributed by atoms with Crippen LogP contribution in [0.5, 0.6) is 0 Å². The van der Waals surface area contributed by atoms with E-state index in [2.05, 4.69) is 17.2 Å². The highest BCUT2D eigenvalue weighted by Gasteiger charge is 2.25. The summed E-state index contributed by atoms with van der Waals surface area (Å²) in [6, 6.07) is 0. The van der Waals surface area contributed by atoms with E-state index in [1.807, 2.05) is 10.8 Å². The molecule has 6 heteroatoms. The summed E-state index contributed by atoms with van der Waals surface area (Å²) < 4.78 is 37.6. The van der Waals surface area contributed by atoms with Crippen molar-refractivity contribution >= 4 is 0 Å². The number of imidazole rings is 1. The summed E-state index contributed by atoms with van der Waals surface area (Å²) in [6.45, 7) is 3.84. The number of alkyl halides is 3. The third-order valence-corrected chi connectivity index (χ3v) is 2.36. The van der Waals surface area contributed by atoms with E-state index in [-0.39, 0.29) is 6.42 Å². The SMILES string of the molecule is CCCn1ccnc1CNCCCC(F)(F)F. The van der Waals surface area contributed by atoms with Crippen LogP contribution in [-0.4, -0.2) is 22.3 Å². The Balaban J connectivity index is 2.20. The normalized spacial score (nSPS) is 12.0. The minimum atomic E-state index is -4.05. The number of halogens is 3. The van der Waals surface area contributed by atoms with Crippen molar-refractivity contribution in [1.29, 1.82) is 0 Å². The van der Waals surface area contributed by atoms with E-state index in [9.17, 15) is 13.2 Å². The van der Waals surface area contributed by atoms with Crippen LogP contribution in [0.25, 0.3) is 0 Å². The Morgan fingerprint density at radius 1 is 1.41 bits per heavy atom. The van der Waals surface area contributed by atoms with Crippen LogP contribution >= 0.6 is 0 Å². The van der Waals surface area contributed by atoms with E-state index in [1.165, 1.54) is 0 Å². The van der Waals surface area contributed by atoms with Gasteiger partial charge in [-0.2, -0.15) is 13.2 Å². The van der Waals surface area contributed by atoms with Crippen molar-refractivity contribution in [3.8, 4) is 0 Å². The fourth-order valence-electron chi connectivity index (χ4n) is 1.57. The van der Waals surface area contributed by atoms with Crippen LogP contribution in [0.1, 0.15) is 32.0 Å². The molecule has 0 spiro atoms. The zero-order valence-electron chi connectivity index (χ0n) is 9.93. The van der Waals surface area contributed by atoms with Crippen molar-refractivity contribution in [3.63, 3.8) is 0 Å². The highest BCUT2D eigenvalue weighted by Crippen LogP contribution is 2.20. The molecule has 1 rings (SSSR count). The minimum absolute atomic E-state index is 0.109. The first-order valence-electron chi connectivity index (χ1n) is 5.80. The Bertz CT molecular complexity index is 320. The fraction of sp³-hybridized carbons (Fsp3) is 0.727. The van der Waals surface area contributed by atoms with E-state index < -0.39 is 12.6 Å². The van der Waals surface area contributed by atoms with Gasteiger partial charge < -0.3 is 9.88 Å². The lowest BCUT2D eigenvalue weighted by molar-refractivity contribution is -0.135. The van der Waals surface area contributed by atoms with Crippen molar-refractivity contribution in [3.05, 3.63) is 18.2 Å². The summed E-state index contributed by atoms with van der Waals surface area (Å²) in [5, 5.41) is 2.98. The number of nitrogens with one attached hydrogen (secondary N) is 1. The molecule has 1 aromatic heterocycles. The predicted molar refractivity (Wildman–Crippen MR) is 59.5 cm³/mol. The first-order valence-corrected chi connectivity index (χ1v) is 5.80. The summed E-state index contributed by atoms with van der Waals surface area (Å²) in [5.41, 5.74) is 0. The van der Waals surface area contributed by atoms with Gasteiger partial charge in [0.2, 0.25) is 0 Å². The summed E-state index contributed by atoms with van der Waals surface area (Å²) in [4.78, 5) is 4.16. The molecule has 0 fully saturated rings. The van der Waals surface area contributed by atoms with Gasteiger partial charge in [-0.15, -0.1) is 0 Å². The molecule has 0 saturated carbocycles. The fourth-order valence-corrected chi connectivity index (χ4v) is 1.57. The summed E-state index contributed by atoms with van der Waals surface area (Å²) >= 11 is 0. The Labute approximate surface area is 99.0 Å². The number of nitrogens with zero attached hydrogens (tertiary/aromatic N) is 2. The van der Waals surface area contributed by atoms with Crippen molar-refractivity contribution in [2.24, 2.45) is 0 Å². The molecule has 0 aromatic carbocycles. The molecule has 1 heterocycles. The summed E-state index contributed by atoms with van der Waals surface area (Å²) in [6.07, 6.45) is -0.0696. The smallest absolute Gasteiger partial charge is 0.334 e. The maximum atomic E-state index is 11.9. The molecular weight excluding hydrogens is 231 g/mol. The molecule has 0 aliphatic carbocycles. The maximum Gasteiger partial charge on any atom is 0.389 e. The minimum Gasteiger partial charge on any atom is -0.334 e. The highest BCUT2D eigenvalue weighted by molar-refractivity contribution is 4.91. The third-order valence-electron chi connectivity index (χ3n) is 2.36. The van der Waals surface area contributed by atoms with Gasteiger partial charge in [0, 0.05) is 25.4 Å². The molecule has 0 unspecified atom stereocenters. The summed E-state index contributed by atoms with van der Waals surface area (Å²) in [5.74, 6) is 0.874. The van der Waals surface area contributed by atoms with Gasteiger partial charge in [-0.3, -0.25) is 0 Å². The molecule has 0 saturated heterocycles. The van der Waals surface area contributed by atoms with Gasteiger partial charge >= 0.3 is 6.18 Å². The van der Waals surface area contributed by atoms with Crippen LogP contribution in [0.3, 0.4) is 0 Å². The number of rotatable bonds is 7. The Morgan fingerprint density at radius 3 is 2.82 bits per heavy atom. The van der Waals surface area contributed by atoms with Gasteiger partial charge in [-0.25, -0.2) is 4.98 Å². The van der Waals surface area contributed by atoms with Gasteiger partial charge in [-0.05, 0) is 19.4 Å². The van der Waals surface area contributed by atoms with Crippen LogP contribution in [-0.2, 0) is 13.1 Å². The molecule has 0 aliphatic rings. The van der Waals surface area contributed by atoms with Crippen LogP contribution in [0, 0.1) is 0 Å². The maximum absolute atomic E-state index is 11.9. The second kappa shape index (κ2) is 6.64. The highest BCUT2D eigenvalue weighted by atomic mass is 19.4. The first-order chi connectivity index (χ1) is 8.03. The summed E-state index contributed by atoms with van der Waals surface area (Å²) in [7, 11) is 0. The Morgan fingerprint density at radius 2 is 2.18 bits per heavy atom. The first kappa shape index (κ1) is 14.0. The van der Waals surface area contributed by atoms with Crippen LogP contribution < -0.4 is 5.32 Å².